The normalized spacial score (nSPS) is 11.2. The van der Waals surface area contributed by atoms with Crippen LogP contribution in [0.1, 0.15) is 26.3 Å². The Hall–Kier alpha value is -1.75. The van der Waals surface area contributed by atoms with Gasteiger partial charge in [-0.1, -0.05) is 12.1 Å². The van der Waals surface area contributed by atoms with E-state index < -0.39 is 5.60 Å². The summed E-state index contributed by atoms with van der Waals surface area (Å²) in [5.74, 6) is 0. The molecule has 0 spiro atoms. The highest BCUT2D eigenvalue weighted by Crippen LogP contribution is 2.15. The van der Waals surface area contributed by atoms with Crippen molar-refractivity contribution in [3.8, 4) is 0 Å². The van der Waals surface area contributed by atoms with Gasteiger partial charge in [-0.3, -0.25) is 0 Å². The fourth-order valence-corrected chi connectivity index (χ4v) is 2.00. The number of likely N-dealkylation sites (N-methyl/N-ethyl adjacent to an activating group) is 2. The molecule has 0 atom stereocenters. The standard InChI is InChI=1S/C18H30N2O3/c1-18(2,3)23-17(21)20(5)12-11-15-7-9-16(10-8-15)19(4)13-14-22-6/h7-10H,11-14H2,1-6H3. The first-order valence-corrected chi connectivity index (χ1v) is 7.96. The Morgan fingerprint density at radius 1 is 1.09 bits per heavy atom. The molecule has 0 unspecified atom stereocenters. The van der Waals surface area contributed by atoms with Gasteiger partial charge in [0.1, 0.15) is 5.60 Å². The summed E-state index contributed by atoms with van der Waals surface area (Å²) in [7, 11) is 5.52. The van der Waals surface area contributed by atoms with E-state index in [0.29, 0.717) is 13.2 Å². The van der Waals surface area contributed by atoms with Gasteiger partial charge in [0.2, 0.25) is 0 Å². The molecule has 0 heterocycles. The number of benzene rings is 1. The second-order valence-electron chi connectivity index (χ2n) is 6.73. The SMILES string of the molecule is COCCN(C)c1ccc(CCN(C)C(=O)OC(C)(C)C)cc1. The van der Waals surface area contributed by atoms with Crippen LogP contribution in [0, 0.1) is 0 Å². The smallest absolute Gasteiger partial charge is 0.410 e. The number of carbonyl (C=O) groups excluding carboxylic acids is 1. The maximum Gasteiger partial charge on any atom is 0.410 e. The summed E-state index contributed by atoms with van der Waals surface area (Å²) in [4.78, 5) is 15.7. The number of carbonyl (C=O) groups is 1. The van der Waals surface area contributed by atoms with Gasteiger partial charge < -0.3 is 19.3 Å². The first-order valence-electron chi connectivity index (χ1n) is 7.96. The summed E-state index contributed by atoms with van der Waals surface area (Å²) in [5.41, 5.74) is 1.90. The summed E-state index contributed by atoms with van der Waals surface area (Å²) in [6.07, 6.45) is 0.520. The number of amides is 1. The molecule has 23 heavy (non-hydrogen) atoms. The molecule has 0 N–H and O–H groups in total. The van der Waals surface area contributed by atoms with Crippen LogP contribution in [-0.2, 0) is 15.9 Å². The highest BCUT2D eigenvalue weighted by atomic mass is 16.6. The molecule has 0 saturated heterocycles. The molecule has 0 aliphatic carbocycles. The Labute approximate surface area is 140 Å². The minimum Gasteiger partial charge on any atom is -0.444 e. The number of anilines is 1. The van der Waals surface area contributed by atoms with Gasteiger partial charge in [-0.25, -0.2) is 4.79 Å². The zero-order chi connectivity index (χ0) is 17.5. The fourth-order valence-electron chi connectivity index (χ4n) is 2.00. The monoisotopic (exact) mass is 322 g/mol. The lowest BCUT2D eigenvalue weighted by Gasteiger charge is -2.24. The molecule has 1 rings (SSSR count). The van der Waals surface area contributed by atoms with E-state index in [1.807, 2.05) is 27.8 Å². The number of rotatable bonds is 7. The summed E-state index contributed by atoms with van der Waals surface area (Å²) in [6.45, 7) is 7.82. The zero-order valence-electron chi connectivity index (χ0n) is 15.3. The minimum atomic E-state index is -0.459. The number of hydrogen-bond donors (Lipinski definition) is 0. The van der Waals surface area contributed by atoms with Crippen LogP contribution in [0.2, 0.25) is 0 Å². The first kappa shape index (κ1) is 19.3. The van der Waals surface area contributed by atoms with Gasteiger partial charge in [0, 0.05) is 40.0 Å². The summed E-state index contributed by atoms with van der Waals surface area (Å²) in [6, 6.07) is 8.39. The number of nitrogens with zero attached hydrogens (tertiary/aromatic N) is 2. The van der Waals surface area contributed by atoms with Crippen LogP contribution in [-0.4, -0.2) is 57.5 Å². The van der Waals surface area contributed by atoms with Crippen molar-refractivity contribution < 1.29 is 14.3 Å². The summed E-state index contributed by atoms with van der Waals surface area (Å²) >= 11 is 0. The molecule has 0 aliphatic rings. The molecular weight excluding hydrogens is 292 g/mol. The van der Waals surface area contributed by atoms with Crippen LogP contribution < -0.4 is 4.90 Å². The Morgan fingerprint density at radius 3 is 2.22 bits per heavy atom. The number of methoxy groups -OCH3 is 1. The molecule has 0 fully saturated rings. The van der Waals surface area contributed by atoms with Crippen LogP contribution in [0.3, 0.4) is 0 Å². The third-order valence-corrected chi connectivity index (χ3v) is 3.45. The largest absolute Gasteiger partial charge is 0.444 e. The Kier molecular flexibility index (Phi) is 7.36. The Balaban J connectivity index is 2.48. The zero-order valence-corrected chi connectivity index (χ0v) is 15.3. The van der Waals surface area contributed by atoms with E-state index in [1.54, 1.807) is 19.1 Å². The second-order valence-corrected chi connectivity index (χ2v) is 6.73. The van der Waals surface area contributed by atoms with Gasteiger partial charge >= 0.3 is 6.09 Å². The molecule has 0 aromatic heterocycles. The fraction of sp³-hybridized carbons (Fsp3) is 0.611. The summed E-state index contributed by atoms with van der Waals surface area (Å²) < 4.78 is 10.4. The van der Waals surface area contributed by atoms with Crippen LogP contribution in [0.25, 0.3) is 0 Å². The predicted octanol–water partition coefficient (Wildman–Crippen LogP) is 3.18. The number of ether oxygens (including phenoxy) is 2. The molecule has 1 aromatic carbocycles. The molecule has 130 valence electrons. The van der Waals surface area contributed by atoms with Gasteiger partial charge in [-0.15, -0.1) is 0 Å². The van der Waals surface area contributed by atoms with Gasteiger partial charge in [-0.2, -0.15) is 0 Å². The van der Waals surface area contributed by atoms with Crippen LogP contribution in [0.15, 0.2) is 24.3 Å². The van der Waals surface area contributed by atoms with Gasteiger partial charge in [0.25, 0.3) is 0 Å². The van der Waals surface area contributed by atoms with Crippen molar-refractivity contribution in [2.45, 2.75) is 32.8 Å². The molecule has 5 heteroatoms. The molecule has 0 radical (unpaired) electrons. The van der Waals surface area contributed by atoms with Crippen LogP contribution >= 0.6 is 0 Å². The van der Waals surface area contributed by atoms with E-state index in [9.17, 15) is 4.79 Å². The molecule has 0 aliphatic heterocycles. The second kappa shape index (κ2) is 8.77. The van der Waals surface area contributed by atoms with Gasteiger partial charge in [0.05, 0.1) is 6.61 Å². The topological polar surface area (TPSA) is 42.0 Å². The highest BCUT2D eigenvalue weighted by molar-refractivity contribution is 5.67. The molecule has 5 nitrogen and oxygen atoms in total. The van der Waals surface area contributed by atoms with Gasteiger partial charge in [-0.05, 0) is 44.9 Å². The Morgan fingerprint density at radius 2 is 1.70 bits per heavy atom. The van der Waals surface area contributed by atoms with E-state index in [4.69, 9.17) is 9.47 Å². The molecular formula is C18H30N2O3. The first-order chi connectivity index (χ1) is 10.7. The maximum atomic E-state index is 11.9. The van der Waals surface area contributed by atoms with E-state index in [2.05, 4.69) is 29.2 Å². The summed E-state index contributed by atoms with van der Waals surface area (Å²) in [5, 5.41) is 0. The molecule has 1 aromatic rings. The van der Waals surface area contributed by atoms with Crippen molar-refractivity contribution in [1.29, 1.82) is 0 Å². The van der Waals surface area contributed by atoms with Crippen LogP contribution in [0.4, 0.5) is 10.5 Å². The van der Waals surface area contributed by atoms with Crippen molar-refractivity contribution in [3.05, 3.63) is 29.8 Å². The molecule has 1 amide bonds. The third-order valence-electron chi connectivity index (χ3n) is 3.45. The lowest BCUT2D eigenvalue weighted by atomic mass is 10.1. The van der Waals surface area contributed by atoms with E-state index in [0.717, 1.165) is 18.7 Å². The maximum absolute atomic E-state index is 11.9. The lowest BCUT2D eigenvalue weighted by molar-refractivity contribution is 0.0301. The van der Waals surface area contributed by atoms with Crippen molar-refractivity contribution in [3.63, 3.8) is 0 Å². The van der Waals surface area contributed by atoms with Crippen molar-refractivity contribution in [1.82, 2.24) is 4.90 Å². The van der Waals surface area contributed by atoms with Crippen molar-refractivity contribution in [2.24, 2.45) is 0 Å². The highest BCUT2D eigenvalue weighted by Gasteiger charge is 2.19. The Bertz CT molecular complexity index is 480. The minimum absolute atomic E-state index is 0.284. The van der Waals surface area contributed by atoms with E-state index in [1.165, 1.54) is 5.56 Å². The molecule has 0 bridgehead atoms. The lowest BCUT2D eigenvalue weighted by Crippen LogP contribution is -2.35. The van der Waals surface area contributed by atoms with Crippen molar-refractivity contribution in [2.75, 3.05) is 45.8 Å². The average molecular weight is 322 g/mol. The third kappa shape index (κ3) is 7.37. The predicted molar refractivity (Wildman–Crippen MR) is 94.2 cm³/mol. The van der Waals surface area contributed by atoms with Crippen molar-refractivity contribution >= 4 is 11.8 Å². The average Bonchev–Trinajstić information content (AvgIpc) is 2.49. The van der Waals surface area contributed by atoms with Crippen LogP contribution in [0.5, 0.6) is 0 Å². The van der Waals surface area contributed by atoms with E-state index >= 15 is 0 Å². The quantitative estimate of drug-likeness (QED) is 0.773. The number of hydrogen-bond acceptors (Lipinski definition) is 4. The van der Waals surface area contributed by atoms with E-state index in [-0.39, 0.29) is 6.09 Å². The van der Waals surface area contributed by atoms with Gasteiger partial charge in [0.15, 0.2) is 0 Å². The molecule has 0 saturated carbocycles.